The van der Waals surface area contributed by atoms with Crippen molar-refractivity contribution in [1.29, 1.82) is 0 Å². The Balaban J connectivity index is 2.50. The molecule has 0 spiro atoms. The van der Waals surface area contributed by atoms with Crippen LogP contribution in [0.15, 0.2) is 24.3 Å². The van der Waals surface area contributed by atoms with Crippen molar-refractivity contribution in [1.82, 2.24) is 5.32 Å². The summed E-state index contributed by atoms with van der Waals surface area (Å²) in [6.45, 7) is 2.37. The third kappa shape index (κ3) is 4.57. The number of carbonyl (C=O) groups is 1. The minimum Gasteiger partial charge on any atom is -0.481 e. The van der Waals surface area contributed by atoms with Crippen LogP contribution in [0.1, 0.15) is 6.92 Å². The summed E-state index contributed by atoms with van der Waals surface area (Å²) in [7, 11) is 0. The molecule has 1 N–H and O–H groups in total. The van der Waals surface area contributed by atoms with Crippen LogP contribution in [0.25, 0.3) is 0 Å². The van der Waals surface area contributed by atoms with Crippen LogP contribution in [0.2, 0.25) is 5.02 Å². The van der Waals surface area contributed by atoms with E-state index in [1.54, 1.807) is 31.2 Å². The smallest absolute Gasteiger partial charge is 0.260 e. The molecule has 88 valence electrons. The Kier molecular flexibility index (Phi) is 5.90. The van der Waals surface area contributed by atoms with E-state index in [2.05, 4.69) is 27.9 Å². The highest BCUT2D eigenvalue weighted by molar-refractivity contribution is 14.1. The van der Waals surface area contributed by atoms with Crippen molar-refractivity contribution in [2.45, 2.75) is 13.0 Å². The molecule has 1 aromatic carbocycles. The molecule has 5 heteroatoms. The highest BCUT2D eigenvalue weighted by Gasteiger charge is 2.13. The summed E-state index contributed by atoms with van der Waals surface area (Å²) >= 11 is 8.01. The van der Waals surface area contributed by atoms with Crippen molar-refractivity contribution < 1.29 is 9.53 Å². The topological polar surface area (TPSA) is 38.3 Å². The van der Waals surface area contributed by atoms with Crippen molar-refractivity contribution >= 4 is 40.1 Å². The van der Waals surface area contributed by atoms with Crippen LogP contribution in [0, 0.1) is 0 Å². The lowest BCUT2D eigenvalue weighted by Gasteiger charge is -2.14. The van der Waals surface area contributed by atoms with Gasteiger partial charge in [0.05, 0.1) is 0 Å². The highest BCUT2D eigenvalue weighted by atomic mass is 127. The molecule has 3 nitrogen and oxygen atoms in total. The number of rotatable bonds is 5. The molecule has 16 heavy (non-hydrogen) atoms. The summed E-state index contributed by atoms with van der Waals surface area (Å²) < 4.78 is 6.34. The number of halogens is 2. The first-order valence-electron chi connectivity index (χ1n) is 4.89. The van der Waals surface area contributed by atoms with E-state index < -0.39 is 6.10 Å². The number of ether oxygens (including phenoxy) is 1. The van der Waals surface area contributed by atoms with Gasteiger partial charge in [-0.1, -0.05) is 40.3 Å². The molecule has 0 aliphatic rings. The predicted molar refractivity (Wildman–Crippen MR) is 73.4 cm³/mol. The van der Waals surface area contributed by atoms with E-state index in [0.29, 0.717) is 17.3 Å². The summed E-state index contributed by atoms with van der Waals surface area (Å²) in [5.74, 6) is 0.487. The molecule has 0 saturated carbocycles. The van der Waals surface area contributed by atoms with Crippen LogP contribution >= 0.6 is 34.2 Å². The van der Waals surface area contributed by atoms with Crippen LogP contribution in [0.4, 0.5) is 0 Å². The van der Waals surface area contributed by atoms with Gasteiger partial charge in [-0.25, -0.2) is 0 Å². The molecule has 1 rings (SSSR count). The van der Waals surface area contributed by atoms with Gasteiger partial charge in [0.1, 0.15) is 5.75 Å². The summed E-state index contributed by atoms with van der Waals surface area (Å²) in [4.78, 5) is 11.5. The Bertz CT molecular complexity index is 360. The predicted octanol–water partition coefficient (Wildman–Crippen LogP) is 2.66. The maximum absolute atomic E-state index is 11.5. The van der Waals surface area contributed by atoms with E-state index in [-0.39, 0.29) is 5.91 Å². The maximum atomic E-state index is 11.5. The molecule has 0 aromatic heterocycles. The Morgan fingerprint density at radius 1 is 1.62 bits per heavy atom. The van der Waals surface area contributed by atoms with E-state index in [1.807, 2.05) is 0 Å². The first-order chi connectivity index (χ1) is 7.63. The van der Waals surface area contributed by atoms with E-state index >= 15 is 0 Å². The lowest BCUT2D eigenvalue weighted by Crippen LogP contribution is -2.37. The molecular formula is C11H13ClINO2. The van der Waals surface area contributed by atoms with Gasteiger partial charge in [0.15, 0.2) is 6.10 Å². The monoisotopic (exact) mass is 353 g/mol. The SMILES string of the molecule is CC(Oc1cccc(Cl)c1)C(=O)NCCI. The summed E-state index contributed by atoms with van der Waals surface area (Å²) in [5, 5.41) is 3.36. The van der Waals surface area contributed by atoms with E-state index in [9.17, 15) is 4.79 Å². The zero-order valence-electron chi connectivity index (χ0n) is 8.87. The van der Waals surface area contributed by atoms with E-state index in [0.717, 1.165) is 4.43 Å². The number of hydrogen-bond donors (Lipinski definition) is 1. The van der Waals surface area contributed by atoms with Gasteiger partial charge < -0.3 is 10.1 Å². The molecule has 0 radical (unpaired) electrons. The standard InChI is InChI=1S/C11H13ClINO2/c1-8(11(15)14-6-5-13)16-10-4-2-3-9(12)7-10/h2-4,7-8H,5-6H2,1H3,(H,14,15). The van der Waals surface area contributed by atoms with Crippen molar-refractivity contribution in [2.75, 3.05) is 11.0 Å². The number of amides is 1. The molecule has 0 fully saturated rings. The Morgan fingerprint density at radius 3 is 3.00 bits per heavy atom. The van der Waals surface area contributed by atoms with Gasteiger partial charge in [0.2, 0.25) is 0 Å². The first-order valence-corrected chi connectivity index (χ1v) is 6.79. The normalized spacial score (nSPS) is 11.9. The van der Waals surface area contributed by atoms with Crippen molar-refractivity contribution in [3.63, 3.8) is 0 Å². The quantitative estimate of drug-likeness (QED) is 0.653. The lowest BCUT2D eigenvalue weighted by atomic mass is 10.3. The third-order valence-electron chi connectivity index (χ3n) is 1.87. The maximum Gasteiger partial charge on any atom is 0.260 e. The van der Waals surface area contributed by atoms with Crippen molar-refractivity contribution in [2.24, 2.45) is 0 Å². The second-order valence-corrected chi connectivity index (χ2v) is 4.71. The highest BCUT2D eigenvalue weighted by Crippen LogP contribution is 2.18. The molecule has 0 saturated heterocycles. The zero-order valence-corrected chi connectivity index (χ0v) is 11.8. The van der Waals surface area contributed by atoms with Gasteiger partial charge in [0, 0.05) is 16.0 Å². The van der Waals surface area contributed by atoms with Gasteiger partial charge in [-0.3, -0.25) is 4.79 Å². The van der Waals surface area contributed by atoms with E-state index in [4.69, 9.17) is 16.3 Å². The van der Waals surface area contributed by atoms with Crippen LogP contribution in [0.3, 0.4) is 0 Å². The van der Waals surface area contributed by atoms with Gasteiger partial charge in [-0.15, -0.1) is 0 Å². The fourth-order valence-electron chi connectivity index (χ4n) is 1.11. The minimum absolute atomic E-state index is 0.114. The number of nitrogens with one attached hydrogen (secondary N) is 1. The Morgan fingerprint density at radius 2 is 2.38 bits per heavy atom. The van der Waals surface area contributed by atoms with Gasteiger partial charge in [-0.05, 0) is 25.1 Å². The largest absolute Gasteiger partial charge is 0.481 e. The van der Waals surface area contributed by atoms with Gasteiger partial charge >= 0.3 is 0 Å². The number of carbonyl (C=O) groups excluding carboxylic acids is 1. The molecule has 0 bridgehead atoms. The Labute approximate surface area is 114 Å². The first kappa shape index (κ1) is 13.6. The second kappa shape index (κ2) is 6.96. The summed E-state index contributed by atoms with van der Waals surface area (Å²) in [6, 6.07) is 7.00. The van der Waals surface area contributed by atoms with Crippen molar-refractivity contribution in [3.8, 4) is 5.75 Å². The fraction of sp³-hybridized carbons (Fsp3) is 0.364. The number of alkyl halides is 1. The van der Waals surface area contributed by atoms with Crippen LogP contribution in [0.5, 0.6) is 5.75 Å². The van der Waals surface area contributed by atoms with Crippen molar-refractivity contribution in [3.05, 3.63) is 29.3 Å². The molecular weight excluding hydrogens is 340 g/mol. The molecule has 0 aliphatic carbocycles. The van der Waals surface area contributed by atoms with E-state index in [1.165, 1.54) is 0 Å². The summed E-state index contributed by atoms with van der Waals surface area (Å²) in [6.07, 6.45) is -0.513. The molecule has 1 amide bonds. The van der Waals surface area contributed by atoms with Gasteiger partial charge in [-0.2, -0.15) is 0 Å². The molecule has 1 aromatic rings. The van der Waals surface area contributed by atoms with Crippen LogP contribution in [-0.4, -0.2) is 23.0 Å². The average molecular weight is 354 g/mol. The summed E-state index contributed by atoms with van der Waals surface area (Å²) in [5.41, 5.74) is 0. The number of benzene rings is 1. The van der Waals surface area contributed by atoms with Crippen LogP contribution in [-0.2, 0) is 4.79 Å². The fourth-order valence-corrected chi connectivity index (χ4v) is 1.56. The molecule has 1 unspecified atom stereocenters. The number of hydrogen-bond acceptors (Lipinski definition) is 2. The molecule has 0 aliphatic heterocycles. The third-order valence-corrected chi connectivity index (χ3v) is 2.65. The lowest BCUT2D eigenvalue weighted by molar-refractivity contribution is -0.127. The molecule has 1 atom stereocenters. The van der Waals surface area contributed by atoms with Crippen LogP contribution < -0.4 is 10.1 Å². The van der Waals surface area contributed by atoms with Gasteiger partial charge in [0.25, 0.3) is 5.91 Å². The second-order valence-electron chi connectivity index (χ2n) is 3.20. The Hall–Kier alpha value is -0.490. The zero-order chi connectivity index (χ0) is 12.0. The average Bonchev–Trinajstić information content (AvgIpc) is 2.25. The molecule has 0 heterocycles. The minimum atomic E-state index is -0.513.